The van der Waals surface area contributed by atoms with Gasteiger partial charge in [0.25, 0.3) is 0 Å². The third-order valence-corrected chi connectivity index (χ3v) is 3.42. The molecule has 0 radical (unpaired) electrons. The summed E-state index contributed by atoms with van der Waals surface area (Å²) in [6.07, 6.45) is 2.04. The van der Waals surface area contributed by atoms with Crippen LogP contribution in [0.1, 0.15) is 25.3 Å². The minimum Gasteiger partial charge on any atom is -0.490 e. The fourth-order valence-corrected chi connectivity index (χ4v) is 2.31. The van der Waals surface area contributed by atoms with Crippen LogP contribution in [0.15, 0.2) is 24.3 Å². The summed E-state index contributed by atoms with van der Waals surface area (Å²) in [6.45, 7) is 3.80. The van der Waals surface area contributed by atoms with Crippen molar-refractivity contribution in [2.75, 3.05) is 19.7 Å². The van der Waals surface area contributed by atoms with Crippen LogP contribution in [0.2, 0.25) is 0 Å². The van der Waals surface area contributed by atoms with Gasteiger partial charge in [-0.15, -0.1) is 0 Å². The zero-order valence-electron chi connectivity index (χ0n) is 11.1. The highest BCUT2D eigenvalue weighted by molar-refractivity contribution is 5.79. The molecule has 0 aromatic heterocycles. The van der Waals surface area contributed by atoms with Crippen LogP contribution in [0, 0.1) is 17.2 Å². The molecule has 1 aliphatic heterocycles. The number of nitriles is 1. The molecule has 2 rings (SSSR count). The summed E-state index contributed by atoms with van der Waals surface area (Å²) in [4.78, 5) is 13.8. The van der Waals surface area contributed by atoms with Gasteiger partial charge in [-0.3, -0.25) is 4.79 Å². The van der Waals surface area contributed by atoms with E-state index in [1.807, 2.05) is 17.9 Å². The highest BCUT2D eigenvalue weighted by Crippen LogP contribution is 2.18. The minimum absolute atomic E-state index is 0.125. The van der Waals surface area contributed by atoms with Crippen LogP contribution in [0.3, 0.4) is 0 Å². The number of carbonyl (C=O) groups is 1. The van der Waals surface area contributed by atoms with E-state index in [2.05, 4.69) is 6.07 Å². The summed E-state index contributed by atoms with van der Waals surface area (Å²) in [6, 6.07) is 9.24. The van der Waals surface area contributed by atoms with Crippen LogP contribution in [-0.4, -0.2) is 30.5 Å². The van der Waals surface area contributed by atoms with E-state index in [4.69, 9.17) is 10.00 Å². The second kappa shape index (κ2) is 6.24. The predicted octanol–water partition coefficient (Wildman–Crippen LogP) is 2.20. The molecule has 1 aromatic carbocycles. The van der Waals surface area contributed by atoms with Crippen molar-refractivity contribution < 1.29 is 9.53 Å². The summed E-state index contributed by atoms with van der Waals surface area (Å²) < 4.78 is 5.60. The number of hydrogen-bond acceptors (Lipinski definition) is 3. The van der Waals surface area contributed by atoms with E-state index in [1.165, 1.54) is 0 Å². The maximum Gasteiger partial charge on any atom is 0.225 e. The van der Waals surface area contributed by atoms with Gasteiger partial charge in [-0.1, -0.05) is 19.1 Å². The van der Waals surface area contributed by atoms with Crippen molar-refractivity contribution in [3.05, 3.63) is 29.8 Å². The number of para-hydroxylation sites is 1. The van der Waals surface area contributed by atoms with E-state index in [1.54, 1.807) is 18.2 Å². The summed E-state index contributed by atoms with van der Waals surface area (Å²) in [5, 5.41) is 8.95. The van der Waals surface area contributed by atoms with Crippen LogP contribution >= 0.6 is 0 Å². The van der Waals surface area contributed by atoms with Gasteiger partial charge in [0.05, 0.1) is 12.1 Å². The number of piperidine rings is 1. The number of benzene rings is 1. The summed E-state index contributed by atoms with van der Waals surface area (Å²) in [5.41, 5.74) is 0.529. The summed E-state index contributed by atoms with van der Waals surface area (Å²) in [7, 11) is 0. The summed E-state index contributed by atoms with van der Waals surface area (Å²) in [5.74, 6) is 0.922. The molecule has 4 heteroatoms. The highest BCUT2D eigenvalue weighted by atomic mass is 16.5. The second-order valence-electron chi connectivity index (χ2n) is 4.82. The van der Waals surface area contributed by atoms with Gasteiger partial charge in [0, 0.05) is 12.5 Å². The minimum atomic E-state index is 0.125. The van der Waals surface area contributed by atoms with Crippen molar-refractivity contribution in [2.45, 2.75) is 19.8 Å². The Kier molecular flexibility index (Phi) is 4.40. The van der Waals surface area contributed by atoms with Gasteiger partial charge in [0.2, 0.25) is 5.91 Å². The average molecular weight is 258 g/mol. The number of nitrogens with zero attached hydrogens (tertiary/aromatic N) is 2. The Hall–Kier alpha value is -2.02. The van der Waals surface area contributed by atoms with Gasteiger partial charge in [-0.05, 0) is 25.0 Å². The van der Waals surface area contributed by atoms with Gasteiger partial charge in [-0.2, -0.15) is 5.26 Å². The number of rotatable bonds is 4. The van der Waals surface area contributed by atoms with E-state index < -0.39 is 0 Å². The molecule has 1 unspecified atom stereocenters. The first-order valence-corrected chi connectivity index (χ1v) is 6.63. The maximum atomic E-state index is 11.9. The molecular weight excluding hydrogens is 240 g/mol. The molecule has 1 saturated heterocycles. The normalized spacial score (nSPS) is 19.1. The van der Waals surface area contributed by atoms with Gasteiger partial charge >= 0.3 is 0 Å². The fourth-order valence-electron chi connectivity index (χ4n) is 2.31. The van der Waals surface area contributed by atoms with E-state index in [0.717, 1.165) is 19.4 Å². The molecule has 1 aliphatic rings. The molecule has 0 spiro atoms. The van der Waals surface area contributed by atoms with Crippen molar-refractivity contribution in [3.8, 4) is 11.8 Å². The Morgan fingerprint density at radius 1 is 1.47 bits per heavy atom. The van der Waals surface area contributed by atoms with Crippen molar-refractivity contribution in [1.29, 1.82) is 5.26 Å². The average Bonchev–Trinajstić information content (AvgIpc) is 2.44. The molecule has 1 fully saturated rings. The van der Waals surface area contributed by atoms with E-state index >= 15 is 0 Å². The molecule has 19 heavy (non-hydrogen) atoms. The van der Waals surface area contributed by atoms with Crippen molar-refractivity contribution in [1.82, 2.24) is 4.90 Å². The SMILES string of the molecule is CC1CCCN(CCOc2ccccc2C#N)C1=O. The number of carbonyl (C=O) groups excluding carboxylic acids is 1. The molecule has 1 heterocycles. The Labute approximate surface area is 113 Å². The lowest BCUT2D eigenvalue weighted by Crippen LogP contribution is -2.42. The molecule has 0 saturated carbocycles. The number of likely N-dealkylation sites (tertiary alicyclic amines) is 1. The lowest BCUT2D eigenvalue weighted by Gasteiger charge is -2.30. The zero-order chi connectivity index (χ0) is 13.7. The fraction of sp³-hybridized carbons (Fsp3) is 0.467. The summed E-state index contributed by atoms with van der Waals surface area (Å²) >= 11 is 0. The Balaban J connectivity index is 1.87. The van der Waals surface area contributed by atoms with E-state index in [-0.39, 0.29) is 11.8 Å². The van der Waals surface area contributed by atoms with Crippen molar-refractivity contribution in [3.63, 3.8) is 0 Å². The monoisotopic (exact) mass is 258 g/mol. The van der Waals surface area contributed by atoms with Crippen LogP contribution in [0.5, 0.6) is 5.75 Å². The van der Waals surface area contributed by atoms with Gasteiger partial charge in [0.1, 0.15) is 18.4 Å². The highest BCUT2D eigenvalue weighted by Gasteiger charge is 2.24. The molecular formula is C15H18N2O2. The Morgan fingerprint density at radius 2 is 2.26 bits per heavy atom. The van der Waals surface area contributed by atoms with Gasteiger partial charge in [0.15, 0.2) is 0 Å². The van der Waals surface area contributed by atoms with Crippen molar-refractivity contribution in [2.24, 2.45) is 5.92 Å². The molecule has 0 N–H and O–H groups in total. The first kappa shape index (κ1) is 13.4. The Morgan fingerprint density at radius 3 is 3.05 bits per heavy atom. The number of hydrogen-bond donors (Lipinski definition) is 0. The standard InChI is InChI=1S/C15H18N2O2/c1-12-5-4-8-17(15(12)18)9-10-19-14-7-3-2-6-13(14)11-16/h2-3,6-7,12H,4-5,8-10H2,1H3. The number of amides is 1. The largest absolute Gasteiger partial charge is 0.490 e. The zero-order valence-corrected chi connectivity index (χ0v) is 11.1. The molecule has 1 amide bonds. The smallest absolute Gasteiger partial charge is 0.225 e. The van der Waals surface area contributed by atoms with Crippen molar-refractivity contribution >= 4 is 5.91 Å². The van der Waals surface area contributed by atoms with Crippen LogP contribution in [-0.2, 0) is 4.79 Å². The maximum absolute atomic E-state index is 11.9. The lowest BCUT2D eigenvalue weighted by molar-refractivity contribution is -0.138. The molecule has 0 aliphatic carbocycles. The first-order valence-electron chi connectivity index (χ1n) is 6.63. The molecule has 1 atom stereocenters. The van der Waals surface area contributed by atoms with Crippen LogP contribution in [0.25, 0.3) is 0 Å². The van der Waals surface area contributed by atoms with Crippen LogP contribution in [0.4, 0.5) is 0 Å². The predicted molar refractivity (Wildman–Crippen MR) is 71.6 cm³/mol. The molecule has 1 aromatic rings. The van der Waals surface area contributed by atoms with E-state index in [9.17, 15) is 4.79 Å². The number of ether oxygens (including phenoxy) is 1. The topological polar surface area (TPSA) is 53.3 Å². The van der Waals surface area contributed by atoms with Crippen LogP contribution < -0.4 is 4.74 Å². The third kappa shape index (κ3) is 3.25. The Bertz CT molecular complexity index is 493. The molecule has 0 bridgehead atoms. The van der Waals surface area contributed by atoms with Gasteiger partial charge < -0.3 is 9.64 Å². The molecule has 100 valence electrons. The van der Waals surface area contributed by atoms with Gasteiger partial charge in [-0.25, -0.2) is 0 Å². The third-order valence-electron chi connectivity index (χ3n) is 3.42. The lowest BCUT2D eigenvalue weighted by atomic mass is 9.99. The quantitative estimate of drug-likeness (QED) is 0.832. The first-order chi connectivity index (χ1) is 9.22. The second-order valence-corrected chi connectivity index (χ2v) is 4.82. The van der Waals surface area contributed by atoms with E-state index in [0.29, 0.717) is 24.5 Å². The molecule has 4 nitrogen and oxygen atoms in total.